The van der Waals surface area contributed by atoms with Gasteiger partial charge in [-0.1, -0.05) is 17.7 Å². The number of carbonyl (C=O) groups is 1. The molecular weight excluding hydrogens is 264 g/mol. The molecule has 0 aliphatic heterocycles. The van der Waals surface area contributed by atoms with E-state index in [9.17, 15) is 4.79 Å². The van der Waals surface area contributed by atoms with Crippen molar-refractivity contribution in [3.63, 3.8) is 0 Å². The van der Waals surface area contributed by atoms with E-state index in [0.717, 1.165) is 5.75 Å². The van der Waals surface area contributed by atoms with Gasteiger partial charge in [0.1, 0.15) is 4.88 Å². The van der Waals surface area contributed by atoms with Crippen molar-refractivity contribution in [3.05, 3.63) is 51.7 Å². The minimum atomic E-state index is -0.258. The molecule has 1 aromatic heterocycles. The summed E-state index contributed by atoms with van der Waals surface area (Å²) in [7, 11) is 1.41. The van der Waals surface area contributed by atoms with Crippen molar-refractivity contribution in [2.75, 3.05) is 7.11 Å². The van der Waals surface area contributed by atoms with Gasteiger partial charge in [-0.15, -0.1) is 23.1 Å². The molecule has 0 spiro atoms. The molecule has 2 rings (SSSR count). The van der Waals surface area contributed by atoms with Crippen LogP contribution in [0.2, 0.25) is 0 Å². The highest BCUT2D eigenvalue weighted by atomic mass is 32.2. The lowest BCUT2D eigenvalue weighted by Crippen LogP contribution is -1.96. The average molecular weight is 278 g/mol. The average Bonchev–Trinajstić information content (AvgIpc) is 2.84. The van der Waals surface area contributed by atoms with Crippen LogP contribution >= 0.6 is 23.1 Å². The number of thiophene rings is 1. The standard InChI is InChI=1S/C14H14O2S2/c1-10-4-3-5-11(8-10)17-9-12-6-7-13(18-12)14(15)16-2/h3-8H,9H2,1-2H3. The molecule has 0 aliphatic carbocycles. The van der Waals surface area contributed by atoms with Crippen molar-refractivity contribution in [3.8, 4) is 0 Å². The first kappa shape index (κ1) is 13.2. The molecule has 18 heavy (non-hydrogen) atoms. The lowest BCUT2D eigenvalue weighted by Gasteiger charge is -2.00. The quantitative estimate of drug-likeness (QED) is 0.621. The SMILES string of the molecule is COC(=O)c1ccc(CSc2cccc(C)c2)s1. The van der Waals surface area contributed by atoms with E-state index in [-0.39, 0.29) is 5.97 Å². The second kappa shape index (κ2) is 6.07. The molecule has 2 aromatic rings. The molecule has 4 heteroatoms. The van der Waals surface area contributed by atoms with Crippen molar-refractivity contribution in [2.24, 2.45) is 0 Å². The van der Waals surface area contributed by atoms with Gasteiger partial charge in [0.25, 0.3) is 0 Å². The first-order valence-electron chi connectivity index (χ1n) is 5.55. The Labute approximate surface area is 115 Å². The van der Waals surface area contributed by atoms with E-state index in [1.807, 2.05) is 12.1 Å². The van der Waals surface area contributed by atoms with Gasteiger partial charge in [-0.05, 0) is 31.2 Å². The Balaban J connectivity index is 1.98. The van der Waals surface area contributed by atoms with Gasteiger partial charge >= 0.3 is 5.97 Å². The fourth-order valence-corrected chi connectivity index (χ4v) is 3.51. The lowest BCUT2D eigenvalue weighted by atomic mass is 10.2. The summed E-state index contributed by atoms with van der Waals surface area (Å²) in [5.41, 5.74) is 1.27. The van der Waals surface area contributed by atoms with Gasteiger partial charge in [0.15, 0.2) is 0 Å². The number of thioether (sulfide) groups is 1. The molecule has 2 nitrogen and oxygen atoms in total. The van der Waals surface area contributed by atoms with Crippen LogP contribution in [0.15, 0.2) is 41.3 Å². The monoisotopic (exact) mass is 278 g/mol. The number of hydrogen-bond donors (Lipinski definition) is 0. The van der Waals surface area contributed by atoms with E-state index in [4.69, 9.17) is 4.74 Å². The molecule has 0 bridgehead atoms. The van der Waals surface area contributed by atoms with Crippen LogP contribution in [0.25, 0.3) is 0 Å². The first-order chi connectivity index (χ1) is 8.69. The maximum atomic E-state index is 11.3. The summed E-state index contributed by atoms with van der Waals surface area (Å²) < 4.78 is 4.69. The van der Waals surface area contributed by atoms with Crippen molar-refractivity contribution in [1.29, 1.82) is 0 Å². The first-order valence-corrected chi connectivity index (χ1v) is 7.36. The number of aryl methyl sites for hydroxylation is 1. The number of rotatable bonds is 4. The maximum absolute atomic E-state index is 11.3. The highest BCUT2D eigenvalue weighted by molar-refractivity contribution is 7.98. The van der Waals surface area contributed by atoms with Gasteiger partial charge in [0.2, 0.25) is 0 Å². The van der Waals surface area contributed by atoms with E-state index in [1.165, 1.54) is 33.8 Å². The minimum Gasteiger partial charge on any atom is -0.465 e. The van der Waals surface area contributed by atoms with Gasteiger partial charge in [-0.25, -0.2) is 4.79 Å². The Kier molecular flexibility index (Phi) is 4.44. The fraction of sp³-hybridized carbons (Fsp3) is 0.214. The molecule has 94 valence electrons. The molecule has 0 N–H and O–H groups in total. The molecular formula is C14H14O2S2. The third kappa shape index (κ3) is 3.37. The molecule has 0 fully saturated rings. The summed E-state index contributed by atoms with van der Waals surface area (Å²) in [4.78, 5) is 14.4. The molecule has 0 atom stereocenters. The number of methoxy groups -OCH3 is 1. The van der Waals surface area contributed by atoms with Crippen LogP contribution in [0, 0.1) is 6.92 Å². The van der Waals surface area contributed by atoms with E-state index in [1.54, 1.807) is 11.8 Å². The number of carbonyl (C=O) groups excluding carboxylic acids is 1. The second-order valence-electron chi connectivity index (χ2n) is 3.86. The highest BCUT2D eigenvalue weighted by Gasteiger charge is 2.08. The summed E-state index contributed by atoms with van der Waals surface area (Å²) in [5, 5.41) is 0. The molecule has 0 unspecified atom stereocenters. The van der Waals surface area contributed by atoms with Crippen LogP contribution in [-0.4, -0.2) is 13.1 Å². The van der Waals surface area contributed by atoms with Crippen molar-refractivity contribution < 1.29 is 9.53 Å². The Morgan fingerprint density at radius 2 is 2.17 bits per heavy atom. The van der Waals surface area contributed by atoms with E-state index >= 15 is 0 Å². The Morgan fingerprint density at radius 3 is 2.89 bits per heavy atom. The zero-order chi connectivity index (χ0) is 13.0. The van der Waals surface area contributed by atoms with E-state index < -0.39 is 0 Å². The van der Waals surface area contributed by atoms with Crippen LogP contribution in [0.3, 0.4) is 0 Å². The van der Waals surface area contributed by atoms with Crippen LogP contribution in [0.4, 0.5) is 0 Å². The lowest BCUT2D eigenvalue weighted by molar-refractivity contribution is 0.0606. The molecule has 1 aromatic carbocycles. The van der Waals surface area contributed by atoms with Crippen LogP contribution in [-0.2, 0) is 10.5 Å². The highest BCUT2D eigenvalue weighted by Crippen LogP contribution is 2.27. The molecule has 1 heterocycles. The summed E-state index contributed by atoms with van der Waals surface area (Å²) in [6, 6.07) is 12.2. The Bertz CT molecular complexity index is 546. The minimum absolute atomic E-state index is 0.258. The second-order valence-corrected chi connectivity index (χ2v) is 6.08. The van der Waals surface area contributed by atoms with Gasteiger partial charge in [0.05, 0.1) is 7.11 Å². The largest absolute Gasteiger partial charge is 0.465 e. The Morgan fingerprint density at radius 1 is 1.33 bits per heavy atom. The predicted octanol–water partition coefficient (Wildman–Crippen LogP) is 4.14. The van der Waals surface area contributed by atoms with Crippen molar-refractivity contribution >= 4 is 29.1 Å². The number of hydrogen-bond acceptors (Lipinski definition) is 4. The summed E-state index contributed by atoms with van der Waals surface area (Å²) >= 11 is 3.27. The fourth-order valence-electron chi connectivity index (χ4n) is 1.53. The molecule has 0 aliphatic rings. The third-order valence-corrected chi connectivity index (χ3v) is 4.71. The number of benzene rings is 1. The summed E-state index contributed by atoms with van der Waals surface area (Å²) in [6.07, 6.45) is 0. The molecule has 0 saturated carbocycles. The zero-order valence-corrected chi connectivity index (χ0v) is 11.9. The van der Waals surface area contributed by atoms with Gasteiger partial charge in [-0.3, -0.25) is 0 Å². The molecule has 0 saturated heterocycles. The Hall–Kier alpha value is -1.26. The third-order valence-electron chi connectivity index (χ3n) is 2.42. The normalized spacial score (nSPS) is 10.3. The van der Waals surface area contributed by atoms with Crippen molar-refractivity contribution in [2.45, 2.75) is 17.6 Å². The van der Waals surface area contributed by atoms with E-state index in [2.05, 4.69) is 31.2 Å². The van der Waals surface area contributed by atoms with Crippen LogP contribution in [0.5, 0.6) is 0 Å². The van der Waals surface area contributed by atoms with Crippen LogP contribution in [0.1, 0.15) is 20.1 Å². The van der Waals surface area contributed by atoms with Gasteiger partial charge < -0.3 is 4.74 Å². The zero-order valence-electron chi connectivity index (χ0n) is 10.3. The smallest absolute Gasteiger partial charge is 0.348 e. The number of ether oxygens (including phenoxy) is 1. The van der Waals surface area contributed by atoms with Gasteiger partial charge in [0, 0.05) is 15.5 Å². The topological polar surface area (TPSA) is 26.3 Å². The predicted molar refractivity (Wildman–Crippen MR) is 76.4 cm³/mol. The summed E-state index contributed by atoms with van der Waals surface area (Å²) in [6.45, 7) is 2.09. The maximum Gasteiger partial charge on any atom is 0.348 e. The van der Waals surface area contributed by atoms with Crippen LogP contribution < -0.4 is 0 Å². The van der Waals surface area contributed by atoms with Gasteiger partial charge in [-0.2, -0.15) is 0 Å². The summed E-state index contributed by atoms with van der Waals surface area (Å²) in [5.74, 6) is 0.622. The van der Waals surface area contributed by atoms with Crippen molar-refractivity contribution in [1.82, 2.24) is 0 Å². The molecule has 0 radical (unpaired) electrons. The van der Waals surface area contributed by atoms with E-state index in [0.29, 0.717) is 4.88 Å². The molecule has 0 amide bonds. The number of esters is 1.